The Bertz CT molecular complexity index is 1120. The van der Waals surface area contributed by atoms with Gasteiger partial charge >= 0.3 is 5.97 Å². The number of amides is 1. The molecule has 0 N–H and O–H groups in total. The van der Waals surface area contributed by atoms with Gasteiger partial charge in [0.05, 0.1) is 12.0 Å². The third-order valence-electron chi connectivity index (χ3n) is 4.65. The predicted octanol–water partition coefficient (Wildman–Crippen LogP) is 2.30. The van der Waals surface area contributed by atoms with Crippen LogP contribution < -0.4 is 5.56 Å². The van der Waals surface area contributed by atoms with Crippen molar-refractivity contribution >= 4 is 29.3 Å². The van der Waals surface area contributed by atoms with Crippen molar-refractivity contribution in [3.8, 4) is 0 Å². The maximum atomic E-state index is 12.7. The molecule has 9 heteroatoms. The molecule has 0 spiro atoms. The molecule has 1 amide bonds. The highest BCUT2D eigenvalue weighted by atomic mass is 32.2. The number of furan rings is 1. The highest BCUT2D eigenvalue weighted by Gasteiger charge is 2.43. The number of hydrogen-bond donors (Lipinski definition) is 0. The molecule has 0 aromatic carbocycles. The summed E-state index contributed by atoms with van der Waals surface area (Å²) in [4.78, 5) is 43.0. The smallest absolute Gasteiger partial charge is 0.330 e. The van der Waals surface area contributed by atoms with E-state index in [0.717, 1.165) is 5.56 Å². The summed E-state index contributed by atoms with van der Waals surface area (Å²) >= 11 is 1.44. The number of hydrogen-bond acceptors (Lipinski definition) is 7. The molecule has 29 heavy (non-hydrogen) atoms. The van der Waals surface area contributed by atoms with Crippen molar-refractivity contribution in [1.82, 2.24) is 14.3 Å². The van der Waals surface area contributed by atoms with E-state index in [1.54, 1.807) is 24.4 Å². The molecule has 0 radical (unpaired) electrons. The first-order valence-corrected chi connectivity index (χ1v) is 10.1. The van der Waals surface area contributed by atoms with Crippen molar-refractivity contribution in [2.24, 2.45) is 0 Å². The summed E-state index contributed by atoms with van der Waals surface area (Å²) in [5.74, 6) is 0.236. The van der Waals surface area contributed by atoms with Crippen molar-refractivity contribution in [1.29, 1.82) is 0 Å². The zero-order chi connectivity index (χ0) is 20.5. The summed E-state index contributed by atoms with van der Waals surface area (Å²) in [6, 6.07) is 7.73. The first-order valence-electron chi connectivity index (χ1n) is 9.03. The lowest BCUT2D eigenvalue weighted by Gasteiger charge is -2.25. The summed E-state index contributed by atoms with van der Waals surface area (Å²) in [5, 5.41) is -0.369. The van der Waals surface area contributed by atoms with Crippen LogP contribution in [0.15, 0.2) is 52.0 Å². The molecular formula is C20H19N3O5S. The van der Waals surface area contributed by atoms with Crippen molar-refractivity contribution < 1.29 is 18.7 Å². The lowest BCUT2D eigenvalue weighted by atomic mass is 10.2. The lowest BCUT2D eigenvalue weighted by molar-refractivity contribution is -0.154. The number of aromatic nitrogens is 2. The van der Waals surface area contributed by atoms with Crippen molar-refractivity contribution in [3.63, 3.8) is 0 Å². The van der Waals surface area contributed by atoms with Gasteiger partial charge < -0.3 is 14.1 Å². The molecule has 1 fully saturated rings. The number of fused-ring (bicyclic) bond motifs is 1. The van der Waals surface area contributed by atoms with Gasteiger partial charge in [0.25, 0.3) is 5.56 Å². The van der Waals surface area contributed by atoms with Gasteiger partial charge in [-0.1, -0.05) is 6.07 Å². The van der Waals surface area contributed by atoms with Crippen LogP contribution in [0.5, 0.6) is 0 Å². The number of rotatable bonds is 4. The van der Waals surface area contributed by atoms with Crippen molar-refractivity contribution in [2.45, 2.75) is 31.9 Å². The molecule has 4 heterocycles. The molecule has 0 unspecified atom stereocenters. The van der Waals surface area contributed by atoms with E-state index in [1.807, 2.05) is 13.0 Å². The second-order valence-corrected chi connectivity index (χ2v) is 7.88. The van der Waals surface area contributed by atoms with Crippen LogP contribution in [0, 0.1) is 6.92 Å². The van der Waals surface area contributed by atoms with Gasteiger partial charge in [-0.05, 0) is 30.7 Å². The molecule has 2 atom stereocenters. The van der Waals surface area contributed by atoms with E-state index < -0.39 is 12.0 Å². The van der Waals surface area contributed by atoms with Crippen LogP contribution in [-0.2, 0) is 20.9 Å². The minimum Gasteiger partial charge on any atom is -0.466 e. The molecule has 8 nitrogen and oxygen atoms in total. The number of esters is 1. The molecule has 4 rings (SSSR count). The second-order valence-electron chi connectivity index (χ2n) is 6.77. The average Bonchev–Trinajstić information content (AvgIpc) is 3.36. The number of nitrogens with zero attached hydrogens (tertiary/aromatic N) is 3. The minimum atomic E-state index is -0.725. The first-order chi connectivity index (χ1) is 13.9. The topological polar surface area (TPSA) is 94.1 Å². The lowest BCUT2D eigenvalue weighted by Crippen LogP contribution is -2.42. The van der Waals surface area contributed by atoms with Crippen molar-refractivity contribution in [2.75, 3.05) is 5.75 Å². The SMILES string of the molecule is CC(=O)N1[C@H](C(=O)OCc2cc(=O)n3cc(C)ccc3n2)CS[C@H]1c1ccco1. The Morgan fingerprint density at radius 1 is 1.34 bits per heavy atom. The summed E-state index contributed by atoms with van der Waals surface area (Å²) in [7, 11) is 0. The Balaban J connectivity index is 1.49. The van der Waals surface area contributed by atoms with E-state index in [-0.39, 0.29) is 23.4 Å². The first kappa shape index (κ1) is 19.3. The Morgan fingerprint density at radius 3 is 2.90 bits per heavy atom. The summed E-state index contributed by atoms with van der Waals surface area (Å²) in [6.45, 7) is 3.16. The van der Waals surface area contributed by atoms with Gasteiger partial charge in [-0.15, -0.1) is 11.8 Å². The third-order valence-corrected chi connectivity index (χ3v) is 5.93. The minimum absolute atomic E-state index is 0.142. The van der Waals surface area contributed by atoms with Gasteiger partial charge in [0.15, 0.2) is 0 Å². The maximum Gasteiger partial charge on any atom is 0.330 e. The average molecular weight is 413 g/mol. The van der Waals surface area contributed by atoms with Crippen LogP contribution in [0.2, 0.25) is 0 Å². The Morgan fingerprint density at radius 2 is 2.17 bits per heavy atom. The van der Waals surface area contributed by atoms with Gasteiger partial charge in [-0.25, -0.2) is 9.78 Å². The highest BCUT2D eigenvalue weighted by molar-refractivity contribution is 7.99. The molecule has 3 aromatic heterocycles. The number of aryl methyl sites for hydroxylation is 1. The molecule has 150 valence electrons. The maximum absolute atomic E-state index is 12.7. The molecule has 0 bridgehead atoms. The Labute approximate surface area is 170 Å². The van der Waals surface area contributed by atoms with Crippen LogP contribution in [0.25, 0.3) is 5.65 Å². The van der Waals surface area contributed by atoms with Gasteiger partial charge in [0.2, 0.25) is 5.91 Å². The van der Waals surface area contributed by atoms with E-state index in [9.17, 15) is 14.4 Å². The van der Waals surface area contributed by atoms with Gasteiger partial charge in [-0.3, -0.25) is 14.0 Å². The molecule has 0 saturated carbocycles. The quantitative estimate of drug-likeness (QED) is 0.606. The molecule has 3 aromatic rings. The predicted molar refractivity (Wildman–Crippen MR) is 106 cm³/mol. The number of ether oxygens (including phenoxy) is 1. The number of pyridine rings is 1. The number of carbonyl (C=O) groups excluding carboxylic acids is 2. The van der Waals surface area contributed by atoms with Crippen LogP contribution in [0.4, 0.5) is 0 Å². The van der Waals surface area contributed by atoms with Gasteiger partial charge in [0, 0.05) is 24.9 Å². The van der Waals surface area contributed by atoms with E-state index in [4.69, 9.17) is 9.15 Å². The molecule has 1 saturated heterocycles. The Kier molecular flexibility index (Phi) is 5.14. The van der Waals surface area contributed by atoms with E-state index in [1.165, 1.54) is 40.3 Å². The molecule has 0 aliphatic carbocycles. The summed E-state index contributed by atoms with van der Waals surface area (Å²) < 4.78 is 12.2. The third kappa shape index (κ3) is 3.77. The summed E-state index contributed by atoms with van der Waals surface area (Å²) in [6.07, 6.45) is 3.24. The van der Waals surface area contributed by atoms with Crippen molar-refractivity contribution in [3.05, 3.63) is 70.2 Å². The monoisotopic (exact) mass is 413 g/mol. The normalized spacial score (nSPS) is 18.9. The molecule has 1 aliphatic rings. The number of thioether (sulfide) groups is 1. The highest BCUT2D eigenvalue weighted by Crippen LogP contribution is 2.41. The van der Waals surface area contributed by atoms with Gasteiger partial charge in [0.1, 0.15) is 29.4 Å². The van der Waals surface area contributed by atoms with E-state index >= 15 is 0 Å². The molecular weight excluding hydrogens is 394 g/mol. The second kappa shape index (κ2) is 7.75. The fraction of sp³-hybridized carbons (Fsp3) is 0.300. The van der Waals surface area contributed by atoms with Gasteiger partial charge in [-0.2, -0.15) is 0 Å². The molecule has 1 aliphatic heterocycles. The summed E-state index contributed by atoms with van der Waals surface area (Å²) in [5.41, 5.74) is 1.53. The zero-order valence-corrected chi connectivity index (χ0v) is 16.7. The fourth-order valence-corrected chi connectivity index (χ4v) is 4.71. The standard InChI is InChI=1S/C20H19N3O5S/c1-12-5-6-17-21-14(8-18(25)22(17)9-12)10-28-20(26)15-11-29-19(23(15)13(2)24)16-4-3-7-27-16/h3-9,15,19H,10-11H2,1-2H3/t15-,19-/m0/s1. The van der Waals surface area contributed by atoms with Crippen LogP contribution in [0.3, 0.4) is 0 Å². The van der Waals surface area contributed by atoms with E-state index in [0.29, 0.717) is 22.9 Å². The fourth-order valence-electron chi connectivity index (χ4n) is 3.30. The Hall–Kier alpha value is -3.07. The zero-order valence-electron chi connectivity index (χ0n) is 15.9. The van der Waals surface area contributed by atoms with Crippen LogP contribution in [-0.4, -0.2) is 38.0 Å². The largest absolute Gasteiger partial charge is 0.466 e. The van der Waals surface area contributed by atoms with Crippen LogP contribution in [0.1, 0.15) is 29.3 Å². The van der Waals surface area contributed by atoms with E-state index in [2.05, 4.69) is 4.98 Å². The number of carbonyl (C=O) groups is 2. The van der Waals surface area contributed by atoms with Crippen LogP contribution >= 0.6 is 11.8 Å².